The molecule has 5 rings (SSSR count). The average Bonchev–Trinajstić information content (AvgIpc) is 3.07. The Balaban J connectivity index is 1.80. The Hall–Kier alpha value is -3.93. The van der Waals surface area contributed by atoms with E-state index in [1.807, 2.05) is 12.1 Å². The highest BCUT2D eigenvalue weighted by Gasteiger charge is 2.44. The van der Waals surface area contributed by atoms with Crippen molar-refractivity contribution in [1.82, 2.24) is 4.98 Å². The van der Waals surface area contributed by atoms with Crippen molar-refractivity contribution in [2.45, 2.75) is 6.04 Å². The molecule has 0 N–H and O–H groups in total. The van der Waals surface area contributed by atoms with E-state index in [4.69, 9.17) is 9.15 Å². The molecular formula is C23H16N2O4. The Bertz CT molecular complexity index is 1280. The van der Waals surface area contributed by atoms with Gasteiger partial charge in [0, 0.05) is 6.20 Å². The van der Waals surface area contributed by atoms with E-state index in [1.165, 1.54) is 4.90 Å². The maximum Gasteiger partial charge on any atom is 0.296 e. The molecule has 1 aliphatic heterocycles. The first-order chi connectivity index (χ1) is 14.2. The molecule has 0 saturated heterocycles. The smallest absolute Gasteiger partial charge is 0.296 e. The Morgan fingerprint density at radius 3 is 2.45 bits per heavy atom. The van der Waals surface area contributed by atoms with Crippen LogP contribution in [-0.2, 0) is 0 Å². The van der Waals surface area contributed by atoms with Crippen LogP contribution in [0.1, 0.15) is 27.7 Å². The van der Waals surface area contributed by atoms with Gasteiger partial charge in [0.15, 0.2) is 5.43 Å². The number of carbonyl (C=O) groups is 1. The second kappa shape index (κ2) is 6.60. The summed E-state index contributed by atoms with van der Waals surface area (Å²) >= 11 is 0. The summed E-state index contributed by atoms with van der Waals surface area (Å²) in [7, 11) is 1.59. The predicted octanol–water partition coefficient (Wildman–Crippen LogP) is 3.95. The summed E-state index contributed by atoms with van der Waals surface area (Å²) in [5, 5.41) is 0.445. The fourth-order valence-corrected chi connectivity index (χ4v) is 3.75. The van der Waals surface area contributed by atoms with Crippen LogP contribution in [0, 0.1) is 0 Å². The second-order valence-electron chi connectivity index (χ2n) is 6.71. The van der Waals surface area contributed by atoms with Crippen molar-refractivity contribution in [2.75, 3.05) is 12.0 Å². The number of hydrogen-bond acceptors (Lipinski definition) is 5. The molecule has 1 amide bonds. The largest absolute Gasteiger partial charge is 0.497 e. The third kappa shape index (κ3) is 2.61. The van der Waals surface area contributed by atoms with Gasteiger partial charge in [0.1, 0.15) is 17.2 Å². The standard InChI is InChI=1S/C23H16N2O4/c1-28-15-11-9-14(10-12-15)20-19-21(26)16-6-2-3-7-17(16)29-22(19)23(27)25(20)18-8-4-5-13-24-18/h2-13,20H,1H3/t20-/m1/s1. The molecule has 2 aromatic carbocycles. The van der Waals surface area contributed by atoms with Gasteiger partial charge < -0.3 is 9.15 Å². The van der Waals surface area contributed by atoms with Gasteiger partial charge >= 0.3 is 0 Å². The SMILES string of the molecule is COc1ccc([C@@H]2c3c(oc4ccccc4c3=O)C(=O)N2c2ccccn2)cc1. The maximum absolute atomic E-state index is 13.4. The number of amides is 1. The van der Waals surface area contributed by atoms with Gasteiger partial charge in [-0.25, -0.2) is 4.98 Å². The van der Waals surface area contributed by atoms with E-state index < -0.39 is 6.04 Å². The van der Waals surface area contributed by atoms with E-state index in [9.17, 15) is 9.59 Å². The second-order valence-corrected chi connectivity index (χ2v) is 6.71. The molecule has 29 heavy (non-hydrogen) atoms. The van der Waals surface area contributed by atoms with Crippen molar-refractivity contribution >= 4 is 22.7 Å². The third-order valence-corrected chi connectivity index (χ3v) is 5.11. The van der Waals surface area contributed by atoms with E-state index in [0.29, 0.717) is 28.1 Å². The van der Waals surface area contributed by atoms with Crippen molar-refractivity contribution in [1.29, 1.82) is 0 Å². The average molecular weight is 384 g/mol. The third-order valence-electron chi connectivity index (χ3n) is 5.11. The van der Waals surface area contributed by atoms with Crippen LogP contribution in [-0.4, -0.2) is 18.0 Å². The molecule has 4 aromatic rings. The lowest BCUT2D eigenvalue weighted by Gasteiger charge is -2.24. The van der Waals surface area contributed by atoms with Crippen LogP contribution >= 0.6 is 0 Å². The first kappa shape index (κ1) is 17.2. The van der Waals surface area contributed by atoms with Gasteiger partial charge in [0.25, 0.3) is 5.91 Å². The maximum atomic E-state index is 13.4. The summed E-state index contributed by atoms with van der Waals surface area (Å²) in [5.41, 5.74) is 1.27. The number of methoxy groups -OCH3 is 1. The molecule has 0 aliphatic carbocycles. The fraction of sp³-hybridized carbons (Fsp3) is 0.0870. The number of pyridine rings is 1. The first-order valence-corrected chi connectivity index (χ1v) is 9.13. The zero-order valence-corrected chi connectivity index (χ0v) is 15.5. The van der Waals surface area contributed by atoms with Gasteiger partial charge in [-0.05, 0) is 42.0 Å². The van der Waals surface area contributed by atoms with Crippen molar-refractivity contribution in [2.24, 2.45) is 0 Å². The number of hydrogen-bond donors (Lipinski definition) is 0. The number of fused-ring (bicyclic) bond motifs is 2. The zero-order valence-electron chi connectivity index (χ0n) is 15.5. The lowest BCUT2D eigenvalue weighted by atomic mass is 9.98. The Labute approximate surface area is 166 Å². The monoisotopic (exact) mass is 384 g/mol. The number of aromatic nitrogens is 1. The van der Waals surface area contributed by atoms with E-state index in [2.05, 4.69) is 4.98 Å². The van der Waals surface area contributed by atoms with Crippen molar-refractivity contribution < 1.29 is 13.9 Å². The highest BCUT2D eigenvalue weighted by molar-refractivity contribution is 6.10. The fourth-order valence-electron chi connectivity index (χ4n) is 3.75. The van der Waals surface area contributed by atoms with Crippen LogP contribution in [0.5, 0.6) is 5.75 Å². The van der Waals surface area contributed by atoms with Crippen molar-refractivity contribution in [3.05, 3.63) is 100 Å². The molecule has 0 saturated carbocycles. The van der Waals surface area contributed by atoms with E-state index in [-0.39, 0.29) is 17.1 Å². The quantitative estimate of drug-likeness (QED) is 0.535. The van der Waals surface area contributed by atoms with Crippen molar-refractivity contribution in [3.8, 4) is 5.75 Å². The molecule has 0 spiro atoms. The molecule has 0 radical (unpaired) electrons. The van der Waals surface area contributed by atoms with Gasteiger partial charge in [-0.15, -0.1) is 0 Å². The summed E-state index contributed by atoms with van der Waals surface area (Å²) in [6.45, 7) is 0. The van der Waals surface area contributed by atoms with Crippen LogP contribution in [0.2, 0.25) is 0 Å². The lowest BCUT2D eigenvalue weighted by molar-refractivity contribution is 0.0970. The molecule has 0 unspecified atom stereocenters. The topological polar surface area (TPSA) is 72.6 Å². The summed E-state index contributed by atoms with van der Waals surface area (Å²) in [6.07, 6.45) is 1.61. The minimum absolute atomic E-state index is 0.0557. The predicted molar refractivity (Wildman–Crippen MR) is 108 cm³/mol. The normalized spacial score (nSPS) is 15.6. The zero-order chi connectivity index (χ0) is 20.0. The Morgan fingerprint density at radius 1 is 0.966 bits per heavy atom. The van der Waals surface area contributed by atoms with Crippen molar-refractivity contribution in [3.63, 3.8) is 0 Å². The number of ether oxygens (including phenoxy) is 1. The van der Waals surface area contributed by atoms with Crippen LogP contribution in [0.3, 0.4) is 0 Å². The number of carbonyl (C=O) groups excluding carboxylic acids is 1. The Morgan fingerprint density at radius 2 is 1.72 bits per heavy atom. The van der Waals surface area contributed by atoms with Crippen LogP contribution in [0.4, 0.5) is 5.82 Å². The van der Waals surface area contributed by atoms with E-state index in [1.54, 1.807) is 67.9 Å². The molecule has 142 valence electrons. The van der Waals surface area contributed by atoms with Gasteiger partial charge in [0.05, 0.1) is 24.1 Å². The van der Waals surface area contributed by atoms with E-state index in [0.717, 1.165) is 5.56 Å². The van der Waals surface area contributed by atoms with Gasteiger partial charge in [-0.3, -0.25) is 14.5 Å². The highest BCUT2D eigenvalue weighted by atomic mass is 16.5. The molecule has 0 fully saturated rings. The van der Waals surface area contributed by atoms with Gasteiger partial charge in [-0.2, -0.15) is 0 Å². The van der Waals surface area contributed by atoms with Crippen LogP contribution in [0.25, 0.3) is 11.0 Å². The Kier molecular flexibility index (Phi) is 3.91. The van der Waals surface area contributed by atoms with Gasteiger partial charge in [-0.1, -0.05) is 30.3 Å². The molecule has 1 atom stereocenters. The lowest BCUT2D eigenvalue weighted by Crippen LogP contribution is -2.30. The summed E-state index contributed by atoms with van der Waals surface area (Å²) < 4.78 is 11.1. The number of benzene rings is 2. The minimum atomic E-state index is -0.640. The molecule has 6 nitrogen and oxygen atoms in total. The molecular weight excluding hydrogens is 368 g/mol. The molecule has 1 aliphatic rings. The van der Waals surface area contributed by atoms with Gasteiger partial charge in [0.2, 0.25) is 5.76 Å². The first-order valence-electron chi connectivity index (χ1n) is 9.13. The molecule has 6 heteroatoms. The van der Waals surface area contributed by atoms with E-state index >= 15 is 0 Å². The van der Waals surface area contributed by atoms with Crippen LogP contribution < -0.4 is 15.1 Å². The number of rotatable bonds is 3. The molecule has 0 bridgehead atoms. The summed E-state index contributed by atoms with van der Waals surface area (Å²) in [4.78, 5) is 32.5. The summed E-state index contributed by atoms with van der Waals surface area (Å²) in [6, 6.07) is 18.9. The minimum Gasteiger partial charge on any atom is -0.497 e. The molecule has 2 aromatic heterocycles. The number of nitrogens with zero attached hydrogens (tertiary/aromatic N) is 2. The molecule has 3 heterocycles. The highest BCUT2D eigenvalue weighted by Crippen LogP contribution is 2.40. The van der Waals surface area contributed by atoms with Crippen LogP contribution in [0.15, 0.2) is 82.1 Å². The summed E-state index contributed by atoms with van der Waals surface area (Å²) in [5.74, 6) is 0.809. The number of anilines is 1. The number of para-hydroxylation sites is 1.